The highest BCUT2D eigenvalue weighted by Crippen LogP contribution is 2.35. The van der Waals surface area contributed by atoms with Gasteiger partial charge in [-0.15, -0.1) is 0 Å². The zero-order chi connectivity index (χ0) is 15.0. The Morgan fingerprint density at radius 1 is 0.905 bits per heavy atom. The van der Waals surface area contributed by atoms with Crippen molar-refractivity contribution in [3.05, 3.63) is 65.2 Å². The SMILES string of the molecule is O=C1c2ccccc2C(=O)C1c1cccc(OC(F)F)c1. The van der Waals surface area contributed by atoms with Crippen molar-refractivity contribution in [1.82, 2.24) is 0 Å². The van der Waals surface area contributed by atoms with Crippen LogP contribution < -0.4 is 4.74 Å². The van der Waals surface area contributed by atoms with E-state index in [1.54, 1.807) is 30.3 Å². The summed E-state index contributed by atoms with van der Waals surface area (Å²) < 4.78 is 28.8. The summed E-state index contributed by atoms with van der Waals surface area (Å²) >= 11 is 0. The molecule has 0 radical (unpaired) electrons. The van der Waals surface area contributed by atoms with Gasteiger partial charge in [0.15, 0.2) is 11.6 Å². The van der Waals surface area contributed by atoms with Gasteiger partial charge < -0.3 is 4.74 Å². The van der Waals surface area contributed by atoms with Crippen LogP contribution in [0.25, 0.3) is 0 Å². The lowest BCUT2D eigenvalue weighted by Crippen LogP contribution is -2.13. The number of benzene rings is 2. The van der Waals surface area contributed by atoms with Gasteiger partial charge in [-0.3, -0.25) is 9.59 Å². The molecule has 106 valence electrons. The Hall–Kier alpha value is -2.56. The Morgan fingerprint density at radius 2 is 1.52 bits per heavy atom. The van der Waals surface area contributed by atoms with Gasteiger partial charge in [-0.25, -0.2) is 0 Å². The Balaban J connectivity index is 1.99. The molecule has 0 atom stereocenters. The van der Waals surface area contributed by atoms with Gasteiger partial charge in [0.25, 0.3) is 0 Å². The fourth-order valence-electron chi connectivity index (χ4n) is 2.52. The number of ether oxygens (including phenoxy) is 1. The Morgan fingerprint density at radius 3 is 2.10 bits per heavy atom. The minimum Gasteiger partial charge on any atom is -0.435 e. The number of rotatable bonds is 3. The fourth-order valence-corrected chi connectivity index (χ4v) is 2.52. The summed E-state index contributed by atoms with van der Waals surface area (Å²) in [6.07, 6.45) is 0. The molecule has 0 aromatic heterocycles. The average Bonchev–Trinajstić information content (AvgIpc) is 2.71. The van der Waals surface area contributed by atoms with E-state index >= 15 is 0 Å². The van der Waals surface area contributed by atoms with Gasteiger partial charge in [0.1, 0.15) is 11.7 Å². The maximum Gasteiger partial charge on any atom is 0.387 e. The standard InChI is InChI=1S/C16H10F2O3/c17-16(18)21-10-5-3-4-9(8-10)13-14(19)11-6-1-2-7-12(11)15(13)20/h1-8,13,16H. The number of Topliss-reactive ketones (excluding diaryl/α,β-unsaturated/α-hetero) is 2. The molecule has 21 heavy (non-hydrogen) atoms. The number of alkyl halides is 2. The molecule has 0 N–H and O–H groups in total. The molecule has 0 bridgehead atoms. The fraction of sp³-hybridized carbons (Fsp3) is 0.125. The first-order valence-electron chi connectivity index (χ1n) is 6.30. The molecular formula is C16H10F2O3. The number of hydrogen-bond donors (Lipinski definition) is 0. The van der Waals surface area contributed by atoms with Gasteiger partial charge >= 0.3 is 6.61 Å². The minimum atomic E-state index is -2.95. The number of carbonyl (C=O) groups is 2. The van der Waals surface area contributed by atoms with E-state index in [4.69, 9.17) is 0 Å². The van der Waals surface area contributed by atoms with Gasteiger partial charge in [0, 0.05) is 11.1 Å². The molecule has 1 aliphatic carbocycles. The molecule has 0 saturated carbocycles. The number of hydrogen-bond acceptors (Lipinski definition) is 3. The molecule has 3 rings (SSSR count). The first kappa shape index (κ1) is 13.4. The van der Waals surface area contributed by atoms with Gasteiger partial charge in [-0.05, 0) is 17.7 Å². The first-order valence-corrected chi connectivity index (χ1v) is 6.30. The third-order valence-electron chi connectivity index (χ3n) is 3.40. The smallest absolute Gasteiger partial charge is 0.387 e. The molecule has 0 heterocycles. The van der Waals surface area contributed by atoms with Crippen molar-refractivity contribution in [3.63, 3.8) is 0 Å². The molecule has 0 spiro atoms. The Bertz CT molecular complexity index is 690. The van der Waals surface area contributed by atoms with Crippen LogP contribution in [-0.2, 0) is 0 Å². The largest absolute Gasteiger partial charge is 0.435 e. The first-order chi connectivity index (χ1) is 10.1. The predicted octanol–water partition coefficient (Wildman–Crippen LogP) is 3.45. The summed E-state index contributed by atoms with van der Waals surface area (Å²) in [6, 6.07) is 12.3. The lowest BCUT2D eigenvalue weighted by molar-refractivity contribution is -0.0498. The molecule has 2 aromatic carbocycles. The topological polar surface area (TPSA) is 43.4 Å². The van der Waals surface area contributed by atoms with E-state index in [9.17, 15) is 18.4 Å². The van der Waals surface area contributed by atoms with E-state index in [0.717, 1.165) is 0 Å². The van der Waals surface area contributed by atoms with Crippen molar-refractivity contribution in [1.29, 1.82) is 0 Å². The Kier molecular flexibility index (Phi) is 3.25. The van der Waals surface area contributed by atoms with Crippen LogP contribution in [0.4, 0.5) is 8.78 Å². The van der Waals surface area contributed by atoms with Crippen molar-refractivity contribution in [2.75, 3.05) is 0 Å². The van der Waals surface area contributed by atoms with Crippen LogP contribution in [0.2, 0.25) is 0 Å². The van der Waals surface area contributed by atoms with Gasteiger partial charge in [0.2, 0.25) is 0 Å². The lowest BCUT2D eigenvalue weighted by Gasteiger charge is -2.10. The van der Waals surface area contributed by atoms with Crippen LogP contribution in [0.5, 0.6) is 5.75 Å². The van der Waals surface area contributed by atoms with Crippen LogP contribution >= 0.6 is 0 Å². The summed E-state index contributed by atoms with van der Waals surface area (Å²) in [7, 11) is 0. The minimum absolute atomic E-state index is 0.0703. The monoisotopic (exact) mass is 288 g/mol. The number of carbonyl (C=O) groups excluding carboxylic acids is 2. The van der Waals surface area contributed by atoms with Crippen molar-refractivity contribution in [2.45, 2.75) is 12.5 Å². The third kappa shape index (κ3) is 2.31. The molecule has 0 unspecified atom stereocenters. The molecule has 3 nitrogen and oxygen atoms in total. The molecule has 0 amide bonds. The molecule has 0 saturated heterocycles. The van der Waals surface area contributed by atoms with E-state index in [-0.39, 0.29) is 17.3 Å². The van der Waals surface area contributed by atoms with Crippen LogP contribution in [0, 0.1) is 0 Å². The van der Waals surface area contributed by atoms with Crippen LogP contribution in [0.1, 0.15) is 32.2 Å². The highest BCUT2D eigenvalue weighted by Gasteiger charge is 2.39. The second kappa shape index (κ2) is 5.09. The van der Waals surface area contributed by atoms with Crippen LogP contribution in [-0.4, -0.2) is 18.2 Å². The number of fused-ring (bicyclic) bond motifs is 1. The van der Waals surface area contributed by atoms with Gasteiger partial charge in [-0.2, -0.15) is 8.78 Å². The van der Waals surface area contributed by atoms with Crippen molar-refractivity contribution in [3.8, 4) is 5.75 Å². The quantitative estimate of drug-likeness (QED) is 0.812. The van der Waals surface area contributed by atoms with Gasteiger partial charge in [0.05, 0.1) is 0 Å². The predicted molar refractivity (Wildman–Crippen MR) is 70.9 cm³/mol. The normalized spacial score (nSPS) is 14.6. The summed E-state index contributed by atoms with van der Waals surface area (Å²) in [4.78, 5) is 24.7. The summed E-state index contributed by atoms with van der Waals surface area (Å²) in [5.74, 6) is -1.68. The maximum absolute atomic E-state index is 12.3. The number of halogens is 2. The molecule has 1 aliphatic rings. The van der Waals surface area contributed by atoms with E-state index in [2.05, 4.69) is 4.74 Å². The molecule has 0 aliphatic heterocycles. The van der Waals surface area contributed by atoms with E-state index in [1.807, 2.05) is 0 Å². The highest BCUT2D eigenvalue weighted by atomic mass is 19.3. The lowest BCUT2D eigenvalue weighted by atomic mass is 9.94. The molecular weight excluding hydrogens is 278 g/mol. The summed E-state index contributed by atoms with van der Waals surface area (Å²) in [5, 5.41) is 0. The third-order valence-corrected chi connectivity index (χ3v) is 3.40. The van der Waals surface area contributed by atoms with Crippen LogP contribution in [0.15, 0.2) is 48.5 Å². The summed E-state index contributed by atoms with van der Waals surface area (Å²) in [5.41, 5.74) is 1.10. The average molecular weight is 288 g/mol. The maximum atomic E-state index is 12.3. The molecule has 2 aromatic rings. The van der Waals surface area contributed by atoms with Gasteiger partial charge in [-0.1, -0.05) is 36.4 Å². The number of ketones is 2. The Labute approximate surface area is 119 Å². The second-order valence-corrected chi connectivity index (χ2v) is 4.66. The summed E-state index contributed by atoms with van der Waals surface area (Å²) in [6.45, 7) is -2.95. The van der Waals surface area contributed by atoms with Crippen molar-refractivity contribution in [2.24, 2.45) is 0 Å². The van der Waals surface area contributed by atoms with E-state index in [1.165, 1.54) is 18.2 Å². The van der Waals surface area contributed by atoms with Crippen molar-refractivity contribution >= 4 is 11.6 Å². The zero-order valence-electron chi connectivity index (χ0n) is 10.8. The molecule has 0 fully saturated rings. The van der Waals surface area contributed by atoms with Crippen LogP contribution in [0.3, 0.4) is 0 Å². The molecule has 5 heteroatoms. The van der Waals surface area contributed by atoms with E-state index in [0.29, 0.717) is 16.7 Å². The zero-order valence-corrected chi connectivity index (χ0v) is 10.8. The van der Waals surface area contributed by atoms with Crippen molar-refractivity contribution < 1.29 is 23.1 Å². The van der Waals surface area contributed by atoms with E-state index < -0.39 is 12.5 Å². The highest BCUT2D eigenvalue weighted by molar-refractivity contribution is 6.29. The second-order valence-electron chi connectivity index (χ2n) is 4.66.